The molecule has 2 aromatic rings. The minimum atomic E-state index is -1.57. The van der Waals surface area contributed by atoms with Crippen molar-refractivity contribution in [2.24, 2.45) is 0 Å². The van der Waals surface area contributed by atoms with Crippen LogP contribution >= 0.6 is 15.9 Å². The Morgan fingerprint density at radius 1 is 1.07 bits per heavy atom. The molecular weight excluding hydrogens is 277 g/mol. The molecule has 0 atom stereocenters. The Balaban J connectivity index is 2.59. The fourth-order valence-corrected chi connectivity index (χ4v) is 1.24. The lowest BCUT2D eigenvalue weighted by Crippen LogP contribution is -1.93. The summed E-state index contributed by atoms with van der Waals surface area (Å²) >= 11 is 2.86. The van der Waals surface area contributed by atoms with Gasteiger partial charge in [0.15, 0.2) is 17.5 Å². The molecule has 1 aromatic carbocycles. The average molecular weight is 279 g/mol. The molecule has 7 heteroatoms. The van der Waals surface area contributed by atoms with E-state index in [9.17, 15) is 13.2 Å². The van der Waals surface area contributed by atoms with Gasteiger partial charge in [-0.1, -0.05) is 0 Å². The van der Waals surface area contributed by atoms with Crippen LogP contribution in [0.25, 0.3) is 11.5 Å². The SMILES string of the molecule is Fc1ccc(-c2nnc(Br)o2)c(F)c1F. The van der Waals surface area contributed by atoms with Crippen molar-refractivity contribution in [2.75, 3.05) is 0 Å². The first-order valence-corrected chi connectivity index (χ1v) is 4.52. The maximum atomic E-state index is 13.2. The number of nitrogens with zero attached hydrogens (tertiary/aromatic N) is 2. The van der Waals surface area contributed by atoms with Gasteiger partial charge in [-0.05, 0) is 12.1 Å². The lowest BCUT2D eigenvalue weighted by atomic mass is 10.2. The van der Waals surface area contributed by atoms with Crippen LogP contribution in [0.2, 0.25) is 0 Å². The van der Waals surface area contributed by atoms with E-state index in [1.165, 1.54) is 0 Å². The van der Waals surface area contributed by atoms with Gasteiger partial charge in [0.05, 0.1) is 5.56 Å². The minimum Gasteiger partial charge on any atom is -0.411 e. The van der Waals surface area contributed by atoms with Gasteiger partial charge in [0.25, 0.3) is 10.7 Å². The van der Waals surface area contributed by atoms with Crippen molar-refractivity contribution in [3.8, 4) is 11.5 Å². The predicted octanol–water partition coefficient (Wildman–Crippen LogP) is 2.92. The van der Waals surface area contributed by atoms with E-state index in [4.69, 9.17) is 4.42 Å². The molecule has 2 rings (SSSR count). The Labute approximate surface area is 90.1 Å². The van der Waals surface area contributed by atoms with Crippen LogP contribution in [-0.4, -0.2) is 10.2 Å². The van der Waals surface area contributed by atoms with Crippen molar-refractivity contribution in [3.63, 3.8) is 0 Å². The highest BCUT2D eigenvalue weighted by molar-refractivity contribution is 9.10. The van der Waals surface area contributed by atoms with Gasteiger partial charge < -0.3 is 4.42 Å². The van der Waals surface area contributed by atoms with Crippen LogP contribution < -0.4 is 0 Å². The van der Waals surface area contributed by atoms with E-state index in [1.54, 1.807) is 0 Å². The monoisotopic (exact) mass is 278 g/mol. The standard InChI is InChI=1S/C8H2BrF3N2O/c9-8-14-13-7(15-8)3-1-2-4(10)6(12)5(3)11/h1-2H. The fourth-order valence-electron chi connectivity index (χ4n) is 1.01. The Hall–Kier alpha value is -1.37. The van der Waals surface area contributed by atoms with E-state index >= 15 is 0 Å². The predicted molar refractivity (Wildman–Crippen MR) is 47.3 cm³/mol. The van der Waals surface area contributed by atoms with Gasteiger partial charge >= 0.3 is 0 Å². The molecular formula is C8H2BrF3N2O. The van der Waals surface area contributed by atoms with Gasteiger partial charge in [0, 0.05) is 15.9 Å². The normalized spacial score (nSPS) is 10.7. The van der Waals surface area contributed by atoms with Gasteiger partial charge in [-0.2, -0.15) is 0 Å². The maximum Gasteiger partial charge on any atom is 0.285 e. The van der Waals surface area contributed by atoms with Crippen LogP contribution in [0.5, 0.6) is 0 Å². The molecule has 0 aliphatic carbocycles. The molecule has 3 nitrogen and oxygen atoms in total. The van der Waals surface area contributed by atoms with Gasteiger partial charge in [-0.3, -0.25) is 0 Å². The molecule has 0 radical (unpaired) electrons. The number of halogens is 4. The molecule has 0 saturated carbocycles. The lowest BCUT2D eigenvalue weighted by Gasteiger charge is -1.99. The number of benzene rings is 1. The third-order valence-electron chi connectivity index (χ3n) is 1.67. The Morgan fingerprint density at radius 2 is 1.80 bits per heavy atom. The second kappa shape index (κ2) is 3.65. The summed E-state index contributed by atoms with van der Waals surface area (Å²) in [6.07, 6.45) is 0. The lowest BCUT2D eigenvalue weighted by molar-refractivity contribution is 0.445. The molecule has 0 fully saturated rings. The third-order valence-corrected chi connectivity index (χ3v) is 1.99. The van der Waals surface area contributed by atoms with Crippen molar-refractivity contribution < 1.29 is 17.6 Å². The Kier molecular flexibility index (Phi) is 2.47. The Bertz CT molecular complexity index is 515. The second-order valence-electron chi connectivity index (χ2n) is 2.58. The molecule has 0 aliphatic heterocycles. The molecule has 78 valence electrons. The molecule has 1 heterocycles. The summed E-state index contributed by atoms with van der Waals surface area (Å²) in [5.74, 6) is -4.42. The second-order valence-corrected chi connectivity index (χ2v) is 3.26. The topological polar surface area (TPSA) is 38.9 Å². The highest BCUT2D eigenvalue weighted by Gasteiger charge is 2.18. The maximum absolute atomic E-state index is 13.2. The van der Waals surface area contributed by atoms with Crippen LogP contribution in [0.15, 0.2) is 21.3 Å². The van der Waals surface area contributed by atoms with E-state index in [0.29, 0.717) is 0 Å². The third kappa shape index (κ3) is 1.74. The quantitative estimate of drug-likeness (QED) is 0.753. The molecule has 0 amide bonds. The Morgan fingerprint density at radius 3 is 2.40 bits per heavy atom. The highest BCUT2D eigenvalue weighted by Crippen LogP contribution is 2.25. The zero-order chi connectivity index (χ0) is 11.0. The molecule has 15 heavy (non-hydrogen) atoms. The van der Waals surface area contributed by atoms with Gasteiger partial charge in [0.1, 0.15) is 0 Å². The van der Waals surface area contributed by atoms with E-state index in [1.807, 2.05) is 0 Å². The number of hydrogen-bond donors (Lipinski definition) is 0. The minimum absolute atomic E-state index is 0.0293. The first-order chi connectivity index (χ1) is 7.09. The molecule has 0 saturated heterocycles. The summed E-state index contributed by atoms with van der Waals surface area (Å²) in [5, 5.41) is 6.83. The van der Waals surface area contributed by atoms with Gasteiger partial charge in [-0.25, -0.2) is 13.2 Å². The summed E-state index contributed by atoms with van der Waals surface area (Å²) in [7, 11) is 0. The molecule has 0 N–H and O–H groups in total. The van der Waals surface area contributed by atoms with E-state index in [-0.39, 0.29) is 16.3 Å². The number of rotatable bonds is 1. The zero-order valence-electron chi connectivity index (χ0n) is 6.97. The van der Waals surface area contributed by atoms with Crippen LogP contribution in [0.3, 0.4) is 0 Å². The van der Waals surface area contributed by atoms with Crippen LogP contribution in [0.4, 0.5) is 13.2 Å². The van der Waals surface area contributed by atoms with Crippen LogP contribution in [0.1, 0.15) is 0 Å². The molecule has 0 bridgehead atoms. The summed E-state index contributed by atoms with van der Waals surface area (Å²) < 4.78 is 43.4. The number of aromatic nitrogens is 2. The zero-order valence-corrected chi connectivity index (χ0v) is 8.56. The highest BCUT2D eigenvalue weighted by atomic mass is 79.9. The van der Waals surface area contributed by atoms with Gasteiger partial charge in [-0.15, -0.1) is 10.2 Å². The molecule has 1 aromatic heterocycles. The first kappa shape index (κ1) is 10.2. The van der Waals surface area contributed by atoms with Crippen LogP contribution in [-0.2, 0) is 0 Å². The average Bonchev–Trinajstić information content (AvgIpc) is 2.61. The molecule has 0 aliphatic rings. The van der Waals surface area contributed by atoms with E-state index in [0.717, 1.165) is 12.1 Å². The summed E-state index contributed by atoms with van der Waals surface area (Å²) in [4.78, 5) is 0.0293. The summed E-state index contributed by atoms with van der Waals surface area (Å²) in [6, 6.07) is 1.81. The fraction of sp³-hybridized carbons (Fsp3) is 0. The van der Waals surface area contributed by atoms with Crippen molar-refractivity contribution in [1.82, 2.24) is 10.2 Å². The van der Waals surface area contributed by atoms with Crippen molar-refractivity contribution >= 4 is 15.9 Å². The van der Waals surface area contributed by atoms with Crippen LogP contribution in [0, 0.1) is 17.5 Å². The largest absolute Gasteiger partial charge is 0.411 e. The first-order valence-electron chi connectivity index (χ1n) is 3.72. The number of hydrogen-bond acceptors (Lipinski definition) is 3. The molecule has 0 spiro atoms. The molecule has 0 unspecified atom stereocenters. The van der Waals surface area contributed by atoms with Crippen molar-refractivity contribution in [2.45, 2.75) is 0 Å². The summed E-state index contributed by atoms with van der Waals surface area (Å²) in [6.45, 7) is 0. The van der Waals surface area contributed by atoms with Crippen molar-refractivity contribution in [3.05, 3.63) is 34.4 Å². The van der Waals surface area contributed by atoms with E-state index < -0.39 is 17.5 Å². The smallest absolute Gasteiger partial charge is 0.285 e. The van der Waals surface area contributed by atoms with Crippen molar-refractivity contribution in [1.29, 1.82) is 0 Å². The summed E-state index contributed by atoms with van der Waals surface area (Å²) in [5.41, 5.74) is -0.285. The van der Waals surface area contributed by atoms with E-state index in [2.05, 4.69) is 26.1 Å². The van der Waals surface area contributed by atoms with Gasteiger partial charge in [0.2, 0.25) is 0 Å².